The van der Waals surface area contributed by atoms with Crippen molar-refractivity contribution in [2.45, 2.75) is 51.2 Å². The van der Waals surface area contributed by atoms with Gasteiger partial charge in [-0.1, -0.05) is 51.2 Å². The molecular formula is C10H18B. The molecule has 1 heteroatoms. The molecule has 3 fully saturated rings. The van der Waals surface area contributed by atoms with Gasteiger partial charge >= 0.3 is 0 Å². The molecule has 0 aromatic heterocycles. The topological polar surface area (TPSA) is 0 Å². The highest BCUT2D eigenvalue weighted by Gasteiger charge is 2.20. The molecule has 0 amide bonds. The van der Waals surface area contributed by atoms with Gasteiger partial charge in [0.1, 0.15) is 7.28 Å². The SMILES string of the molecule is [B]1CC2CCCC(C1)CCC2. The second-order valence-electron chi connectivity index (χ2n) is 4.35. The van der Waals surface area contributed by atoms with Crippen molar-refractivity contribution in [2.75, 3.05) is 0 Å². The molecule has 11 heavy (non-hydrogen) atoms. The van der Waals surface area contributed by atoms with E-state index in [1.807, 2.05) is 0 Å². The van der Waals surface area contributed by atoms with E-state index in [1.54, 1.807) is 0 Å². The molecule has 61 valence electrons. The van der Waals surface area contributed by atoms with Crippen molar-refractivity contribution in [2.24, 2.45) is 11.8 Å². The van der Waals surface area contributed by atoms with Crippen LogP contribution in [-0.4, -0.2) is 7.28 Å². The molecule has 2 bridgehead atoms. The minimum atomic E-state index is 1.07. The van der Waals surface area contributed by atoms with E-state index in [2.05, 4.69) is 7.28 Å². The highest BCUT2D eigenvalue weighted by Crippen LogP contribution is 2.33. The van der Waals surface area contributed by atoms with Gasteiger partial charge in [-0.25, -0.2) is 0 Å². The van der Waals surface area contributed by atoms with Gasteiger partial charge in [0.2, 0.25) is 0 Å². The van der Waals surface area contributed by atoms with E-state index >= 15 is 0 Å². The van der Waals surface area contributed by atoms with Gasteiger partial charge in [0.15, 0.2) is 0 Å². The molecule has 0 N–H and O–H groups in total. The van der Waals surface area contributed by atoms with Crippen molar-refractivity contribution < 1.29 is 0 Å². The second kappa shape index (κ2) is 3.64. The minimum Gasteiger partial charge on any atom is -0.0775 e. The molecule has 2 saturated heterocycles. The van der Waals surface area contributed by atoms with Crippen molar-refractivity contribution in [1.29, 1.82) is 0 Å². The van der Waals surface area contributed by atoms with Crippen LogP contribution < -0.4 is 0 Å². The maximum absolute atomic E-state index is 2.56. The van der Waals surface area contributed by atoms with Crippen LogP contribution in [0.4, 0.5) is 0 Å². The summed E-state index contributed by atoms with van der Waals surface area (Å²) in [7, 11) is 2.56. The summed E-state index contributed by atoms with van der Waals surface area (Å²) in [6.07, 6.45) is 12.0. The number of rotatable bonds is 0. The summed E-state index contributed by atoms with van der Waals surface area (Å²) < 4.78 is 0. The van der Waals surface area contributed by atoms with Crippen LogP contribution in [0, 0.1) is 11.8 Å². The zero-order chi connectivity index (χ0) is 7.52. The van der Waals surface area contributed by atoms with Gasteiger partial charge in [-0.2, -0.15) is 0 Å². The molecule has 0 spiro atoms. The van der Waals surface area contributed by atoms with Crippen molar-refractivity contribution in [1.82, 2.24) is 0 Å². The Morgan fingerprint density at radius 2 is 1.18 bits per heavy atom. The molecule has 0 aromatic rings. The fourth-order valence-corrected chi connectivity index (χ4v) is 2.72. The third-order valence-electron chi connectivity index (χ3n) is 3.45. The number of hydrogen-bond donors (Lipinski definition) is 0. The van der Waals surface area contributed by atoms with Crippen LogP contribution in [0.3, 0.4) is 0 Å². The van der Waals surface area contributed by atoms with Crippen LogP contribution in [0.15, 0.2) is 0 Å². The third kappa shape index (κ3) is 2.01. The van der Waals surface area contributed by atoms with Crippen LogP contribution in [0.1, 0.15) is 38.5 Å². The minimum absolute atomic E-state index is 1.07. The molecule has 2 heterocycles. The first-order valence-corrected chi connectivity index (χ1v) is 5.27. The maximum Gasteiger partial charge on any atom is 0.110 e. The highest BCUT2D eigenvalue weighted by atomic mass is 14.2. The predicted molar refractivity (Wildman–Crippen MR) is 50.1 cm³/mol. The van der Waals surface area contributed by atoms with Gasteiger partial charge in [-0.15, -0.1) is 0 Å². The molecule has 0 nitrogen and oxygen atoms in total. The summed E-state index contributed by atoms with van der Waals surface area (Å²) in [6, 6.07) is 0. The Kier molecular flexibility index (Phi) is 2.55. The molecule has 0 aromatic carbocycles. The zero-order valence-electron chi connectivity index (χ0n) is 7.39. The molecule has 3 rings (SSSR count). The van der Waals surface area contributed by atoms with Gasteiger partial charge in [0.05, 0.1) is 0 Å². The van der Waals surface area contributed by atoms with Gasteiger partial charge in [-0.05, 0) is 11.8 Å². The molecular weight excluding hydrogens is 131 g/mol. The first-order chi connectivity index (χ1) is 5.45. The molecule has 0 atom stereocenters. The highest BCUT2D eigenvalue weighted by molar-refractivity contribution is 6.35. The number of hydrogen-bond acceptors (Lipinski definition) is 0. The molecule has 0 unspecified atom stereocenters. The fourth-order valence-electron chi connectivity index (χ4n) is 2.72. The van der Waals surface area contributed by atoms with Gasteiger partial charge in [-0.3, -0.25) is 0 Å². The lowest BCUT2D eigenvalue weighted by Crippen LogP contribution is -2.17. The Hall–Kier alpha value is 0.0649. The largest absolute Gasteiger partial charge is 0.110 e. The Morgan fingerprint density at radius 1 is 0.727 bits per heavy atom. The first-order valence-electron chi connectivity index (χ1n) is 5.27. The first kappa shape index (κ1) is 7.70. The monoisotopic (exact) mass is 149 g/mol. The van der Waals surface area contributed by atoms with Crippen molar-refractivity contribution in [3.05, 3.63) is 0 Å². The van der Waals surface area contributed by atoms with E-state index in [-0.39, 0.29) is 0 Å². The quantitative estimate of drug-likeness (QED) is 0.464. The zero-order valence-corrected chi connectivity index (χ0v) is 7.39. The maximum atomic E-state index is 2.56. The average molecular weight is 149 g/mol. The summed E-state index contributed by atoms with van der Waals surface area (Å²) >= 11 is 0. The second-order valence-corrected chi connectivity index (χ2v) is 4.35. The third-order valence-corrected chi connectivity index (χ3v) is 3.45. The lowest BCUT2D eigenvalue weighted by molar-refractivity contribution is 0.333. The smallest absolute Gasteiger partial charge is 0.0775 e. The van der Waals surface area contributed by atoms with Crippen LogP contribution >= 0.6 is 0 Å². The normalized spacial score (nSPS) is 38.5. The van der Waals surface area contributed by atoms with E-state index in [1.165, 1.54) is 51.2 Å². The van der Waals surface area contributed by atoms with Gasteiger partial charge in [0, 0.05) is 0 Å². The lowest BCUT2D eigenvalue weighted by atomic mass is 9.57. The van der Waals surface area contributed by atoms with Crippen molar-refractivity contribution >= 4 is 7.28 Å². The van der Waals surface area contributed by atoms with Crippen LogP contribution in [0.25, 0.3) is 0 Å². The summed E-state index contributed by atoms with van der Waals surface area (Å²) in [6.45, 7) is 0. The van der Waals surface area contributed by atoms with E-state index < -0.39 is 0 Å². The standard InChI is InChI=1S/C10H18B/c1-3-9-5-2-6-10(4-1)8-11-7-9/h9-10H,1-8H2. The van der Waals surface area contributed by atoms with Crippen LogP contribution in [0.5, 0.6) is 0 Å². The van der Waals surface area contributed by atoms with Crippen LogP contribution in [-0.2, 0) is 0 Å². The number of fused-ring (bicyclic) bond motifs is 6. The Balaban J connectivity index is 1.96. The molecule has 1 radical (unpaired) electrons. The summed E-state index contributed by atoms with van der Waals surface area (Å²) in [5.74, 6) is 2.13. The van der Waals surface area contributed by atoms with Crippen molar-refractivity contribution in [3.8, 4) is 0 Å². The predicted octanol–water partition coefficient (Wildman–Crippen LogP) is 3.13. The lowest BCUT2D eigenvalue weighted by Gasteiger charge is -2.28. The van der Waals surface area contributed by atoms with Gasteiger partial charge < -0.3 is 0 Å². The Bertz CT molecular complexity index is 86.3. The van der Waals surface area contributed by atoms with E-state index in [4.69, 9.17) is 0 Å². The van der Waals surface area contributed by atoms with Crippen molar-refractivity contribution in [3.63, 3.8) is 0 Å². The van der Waals surface area contributed by atoms with Crippen LogP contribution in [0.2, 0.25) is 12.6 Å². The summed E-state index contributed by atoms with van der Waals surface area (Å²) in [4.78, 5) is 0. The molecule has 3 aliphatic rings. The van der Waals surface area contributed by atoms with E-state index in [0.717, 1.165) is 11.8 Å². The average Bonchev–Trinajstić information content (AvgIpc) is 1.80. The van der Waals surface area contributed by atoms with E-state index in [0.29, 0.717) is 0 Å². The molecule has 1 saturated carbocycles. The summed E-state index contributed by atoms with van der Waals surface area (Å²) in [5, 5.41) is 0. The molecule has 2 aliphatic heterocycles. The Labute approximate surface area is 71.0 Å². The van der Waals surface area contributed by atoms with Gasteiger partial charge in [0.25, 0.3) is 0 Å². The Morgan fingerprint density at radius 3 is 1.64 bits per heavy atom. The summed E-state index contributed by atoms with van der Waals surface area (Å²) in [5.41, 5.74) is 0. The molecule has 1 aliphatic carbocycles. The fraction of sp³-hybridized carbons (Fsp3) is 1.00. The van der Waals surface area contributed by atoms with E-state index in [9.17, 15) is 0 Å².